The van der Waals surface area contributed by atoms with Crippen LogP contribution in [0.15, 0.2) is 0 Å². The normalized spacial score (nSPS) is 19.4. The molecule has 1 unspecified atom stereocenters. The number of carbonyl (C=O) groups is 1. The monoisotopic (exact) mass is 226 g/mol. The minimum atomic E-state index is 0.215. The van der Waals surface area contributed by atoms with Gasteiger partial charge in [-0.15, -0.1) is 0 Å². The van der Waals surface area contributed by atoms with Crippen LogP contribution in [0, 0.1) is 5.92 Å². The average Bonchev–Trinajstić information content (AvgIpc) is 2.34. The summed E-state index contributed by atoms with van der Waals surface area (Å²) in [6.45, 7) is 2.81. The van der Waals surface area contributed by atoms with E-state index in [0.717, 1.165) is 18.9 Å². The first-order valence-corrected chi connectivity index (χ1v) is 6.66. The summed E-state index contributed by atoms with van der Waals surface area (Å²) in [6, 6.07) is 0.360. The Balaban J connectivity index is 2.05. The van der Waals surface area contributed by atoms with E-state index >= 15 is 0 Å². The van der Waals surface area contributed by atoms with Crippen LogP contribution in [0.4, 0.5) is 0 Å². The minimum Gasteiger partial charge on any atom is -0.355 e. The lowest BCUT2D eigenvalue weighted by molar-refractivity contribution is -0.121. The first-order valence-electron chi connectivity index (χ1n) is 6.66. The van der Waals surface area contributed by atoms with Gasteiger partial charge in [-0.2, -0.15) is 0 Å². The van der Waals surface area contributed by atoms with Gasteiger partial charge in [-0.25, -0.2) is 0 Å². The predicted molar refractivity (Wildman–Crippen MR) is 67.3 cm³/mol. The van der Waals surface area contributed by atoms with Gasteiger partial charge in [0.15, 0.2) is 0 Å². The predicted octanol–water partition coefficient (Wildman–Crippen LogP) is 2.07. The van der Waals surface area contributed by atoms with Crippen molar-refractivity contribution in [1.82, 2.24) is 10.6 Å². The maximum atomic E-state index is 11.6. The highest BCUT2D eigenvalue weighted by Crippen LogP contribution is 2.27. The molecule has 0 bridgehead atoms. The molecule has 0 aromatic carbocycles. The quantitative estimate of drug-likeness (QED) is 0.728. The second kappa shape index (κ2) is 7.66. The van der Waals surface area contributed by atoms with E-state index in [2.05, 4.69) is 17.6 Å². The van der Waals surface area contributed by atoms with Crippen molar-refractivity contribution < 1.29 is 4.79 Å². The van der Waals surface area contributed by atoms with Gasteiger partial charge < -0.3 is 10.6 Å². The zero-order valence-electron chi connectivity index (χ0n) is 10.7. The van der Waals surface area contributed by atoms with Gasteiger partial charge in [0.2, 0.25) is 5.91 Å². The van der Waals surface area contributed by atoms with E-state index in [4.69, 9.17) is 0 Å². The number of hydrogen-bond acceptors (Lipinski definition) is 2. The number of amides is 1. The molecule has 94 valence electrons. The van der Waals surface area contributed by atoms with Crippen molar-refractivity contribution in [3.05, 3.63) is 0 Å². The van der Waals surface area contributed by atoms with Gasteiger partial charge in [0, 0.05) is 19.0 Å². The van der Waals surface area contributed by atoms with Crippen molar-refractivity contribution in [2.45, 2.75) is 57.9 Å². The van der Waals surface area contributed by atoms with Crippen molar-refractivity contribution in [3.63, 3.8) is 0 Å². The molecule has 0 radical (unpaired) electrons. The van der Waals surface area contributed by atoms with Gasteiger partial charge in [0.05, 0.1) is 0 Å². The summed E-state index contributed by atoms with van der Waals surface area (Å²) in [4.78, 5) is 11.6. The summed E-state index contributed by atoms with van der Waals surface area (Å²) in [7, 11) is 1.92. The highest BCUT2D eigenvalue weighted by molar-refractivity contribution is 5.75. The third-order valence-corrected chi connectivity index (χ3v) is 3.60. The molecule has 0 spiro atoms. The van der Waals surface area contributed by atoms with Crippen molar-refractivity contribution >= 4 is 5.91 Å². The molecule has 1 aliphatic rings. The Bertz CT molecular complexity index is 200. The fourth-order valence-corrected chi connectivity index (χ4v) is 2.27. The molecule has 2 N–H and O–H groups in total. The smallest absolute Gasteiger partial charge is 0.220 e. The zero-order chi connectivity index (χ0) is 11.8. The molecule has 0 saturated heterocycles. The van der Waals surface area contributed by atoms with Crippen LogP contribution in [0.1, 0.15) is 51.9 Å². The molecule has 0 aliphatic heterocycles. The molecule has 1 atom stereocenters. The summed E-state index contributed by atoms with van der Waals surface area (Å²) in [5.41, 5.74) is 0. The summed E-state index contributed by atoms with van der Waals surface area (Å²) < 4.78 is 0. The Morgan fingerprint density at radius 1 is 1.31 bits per heavy atom. The topological polar surface area (TPSA) is 41.1 Å². The van der Waals surface area contributed by atoms with Crippen LogP contribution in [-0.2, 0) is 4.79 Å². The van der Waals surface area contributed by atoms with E-state index in [9.17, 15) is 4.79 Å². The molecule has 3 nitrogen and oxygen atoms in total. The third kappa shape index (κ3) is 5.50. The average molecular weight is 226 g/mol. The van der Waals surface area contributed by atoms with Crippen LogP contribution in [0.5, 0.6) is 0 Å². The number of hydrogen-bond donors (Lipinski definition) is 2. The second-order valence-electron chi connectivity index (χ2n) is 5.04. The molecule has 1 rings (SSSR count). The van der Waals surface area contributed by atoms with Crippen molar-refractivity contribution in [3.8, 4) is 0 Å². The fourth-order valence-electron chi connectivity index (χ4n) is 2.27. The fraction of sp³-hybridized carbons (Fsp3) is 0.923. The van der Waals surface area contributed by atoms with Crippen LogP contribution >= 0.6 is 0 Å². The maximum absolute atomic E-state index is 11.6. The molecule has 1 amide bonds. The zero-order valence-corrected chi connectivity index (χ0v) is 10.7. The Kier molecular flexibility index (Phi) is 6.46. The standard InChI is InChI=1S/C13H26N2O/c1-11(14-2)10-15-13(16)9-8-12-6-4-3-5-7-12/h11-12,14H,3-10H2,1-2H3,(H,15,16). The lowest BCUT2D eigenvalue weighted by atomic mass is 9.86. The van der Waals surface area contributed by atoms with E-state index in [1.54, 1.807) is 0 Å². The largest absolute Gasteiger partial charge is 0.355 e. The molecular formula is C13H26N2O. The van der Waals surface area contributed by atoms with Gasteiger partial charge in [0.1, 0.15) is 0 Å². The summed E-state index contributed by atoms with van der Waals surface area (Å²) in [5.74, 6) is 1.02. The molecule has 3 heteroatoms. The molecular weight excluding hydrogens is 200 g/mol. The highest BCUT2D eigenvalue weighted by Gasteiger charge is 2.14. The number of likely N-dealkylation sites (N-methyl/N-ethyl adjacent to an activating group) is 1. The van der Waals surface area contributed by atoms with Gasteiger partial charge >= 0.3 is 0 Å². The molecule has 0 heterocycles. The Morgan fingerprint density at radius 3 is 2.62 bits per heavy atom. The van der Waals surface area contributed by atoms with Gasteiger partial charge in [-0.05, 0) is 26.3 Å². The molecule has 0 aromatic heterocycles. The van der Waals surface area contributed by atoms with E-state index in [1.807, 2.05) is 7.05 Å². The number of carbonyl (C=O) groups excluding carboxylic acids is 1. The molecule has 0 aromatic rings. The minimum absolute atomic E-state index is 0.215. The lowest BCUT2D eigenvalue weighted by Gasteiger charge is -2.21. The molecule has 1 aliphatic carbocycles. The van der Waals surface area contributed by atoms with E-state index in [0.29, 0.717) is 12.5 Å². The van der Waals surface area contributed by atoms with Crippen molar-refractivity contribution in [2.75, 3.05) is 13.6 Å². The third-order valence-electron chi connectivity index (χ3n) is 3.60. The first-order chi connectivity index (χ1) is 7.72. The highest BCUT2D eigenvalue weighted by atomic mass is 16.1. The van der Waals surface area contributed by atoms with Crippen LogP contribution < -0.4 is 10.6 Å². The first kappa shape index (κ1) is 13.5. The molecule has 1 saturated carbocycles. The number of nitrogens with one attached hydrogen (secondary N) is 2. The van der Waals surface area contributed by atoms with Crippen LogP contribution in [-0.4, -0.2) is 25.5 Å². The SMILES string of the molecule is CNC(C)CNC(=O)CCC1CCCCC1. The molecule has 1 fully saturated rings. The van der Waals surface area contributed by atoms with Crippen LogP contribution in [0.25, 0.3) is 0 Å². The van der Waals surface area contributed by atoms with Crippen molar-refractivity contribution in [2.24, 2.45) is 5.92 Å². The summed E-state index contributed by atoms with van der Waals surface area (Å²) in [6.07, 6.45) is 8.58. The molecule has 16 heavy (non-hydrogen) atoms. The van der Waals surface area contributed by atoms with E-state index in [-0.39, 0.29) is 5.91 Å². The number of rotatable bonds is 6. The Morgan fingerprint density at radius 2 is 2.00 bits per heavy atom. The van der Waals surface area contributed by atoms with Gasteiger partial charge in [-0.3, -0.25) is 4.79 Å². The lowest BCUT2D eigenvalue weighted by Crippen LogP contribution is -2.37. The van der Waals surface area contributed by atoms with E-state index < -0.39 is 0 Å². The second-order valence-corrected chi connectivity index (χ2v) is 5.04. The van der Waals surface area contributed by atoms with Crippen LogP contribution in [0.3, 0.4) is 0 Å². The maximum Gasteiger partial charge on any atom is 0.220 e. The van der Waals surface area contributed by atoms with Crippen molar-refractivity contribution in [1.29, 1.82) is 0 Å². The van der Waals surface area contributed by atoms with Crippen LogP contribution in [0.2, 0.25) is 0 Å². The Labute approximate surface area is 99.4 Å². The van der Waals surface area contributed by atoms with Gasteiger partial charge in [-0.1, -0.05) is 32.1 Å². The van der Waals surface area contributed by atoms with E-state index in [1.165, 1.54) is 32.1 Å². The van der Waals surface area contributed by atoms with Gasteiger partial charge in [0.25, 0.3) is 0 Å². The summed E-state index contributed by atoms with van der Waals surface area (Å²) >= 11 is 0. The Hall–Kier alpha value is -0.570. The summed E-state index contributed by atoms with van der Waals surface area (Å²) in [5, 5.41) is 6.08.